The van der Waals surface area contributed by atoms with Crippen LogP contribution in [0.1, 0.15) is 37.8 Å². The smallest absolute Gasteiger partial charge is 0.0442 e. The van der Waals surface area contributed by atoms with Gasteiger partial charge in [-0.1, -0.05) is 24.3 Å². The van der Waals surface area contributed by atoms with Crippen LogP contribution >= 0.6 is 0 Å². The van der Waals surface area contributed by atoms with Gasteiger partial charge in [0.15, 0.2) is 0 Å². The molecule has 3 rings (SSSR count). The van der Waals surface area contributed by atoms with E-state index < -0.39 is 0 Å². The van der Waals surface area contributed by atoms with Gasteiger partial charge in [0.05, 0.1) is 0 Å². The van der Waals surface area contributed by atoms with Crippen LogP contribution in [-0.2, 0) is 11.1 Å². The van der Waals surface area contributed by atoms with Gasteiger partial charge in [-0.15, -0.1) is 0 Å². The molecule has 0 saturated carbocycles. The Kier molecular flexibility index (Phi) is 1.35. The molecule has 0 N–H and O–H groups in total. The van der Waals surface area contributed by atoms with E-state index in [1.807, 2.05) is 0 Å². The van der Waals surface area contributed by atoms with Gasteiger partial charge in [0.1, 0.15) is 0 Å². The van der Waals surface area contributed by atoms with E-state index >= 15 is 0 Å². The second-order valence-corrected chi connectivity index (χ2v) is 5.15. The molecule has 14 heavy (non-hydrogen) atoms. The first-order valence-electron chi connectivity index (χ1n) is 5.43. The molecule has 0 aliphatic carbocycles. The molecule has 74 valence electrons. The summed E-state index contributed by atoms with van der Waals surface area (Å²) in [5.74, 6) is 0. The van der Waals surface area contributed by atoms with E-state index in [1.165, 1.54) is 12.8 Å². The van der Waals surface area contributed by atoms with Crippen molar-refractivity contribution in [1.29, 1.82) is 0 Å². The molecule has 1 nitrogen and oxygen atoms in total. The van der Waals surface area contributed by atoms with E-state index in [4.69, 9.17) is 0 Å². The Morgan fingerprint density at radius 1 is 1.00 bits per heavy atom. The summed E-state index contributed by atoms with van der Waals surface area (Å²) in [4.78, 5) is 2.56. The maximum absolute atomic E-state index is 2.56. The van der Waals surface area contributed by atoms with Gasteiger partial charge in [-0.2, -0.15) is 0 Å². The Bertz CT molecular complexity index is 361. The molecule has 1 fully saturated rings. The molecule has 1 saturated heterocycles. The van der Waals surface area contributed by atoms with Crippen LogP contribution < -0.4 is 0 Å². The van der Waals surface area contributed by atoms with Crippen LogP contribution in [0.3, 0.4) is 0 Å². The Balaban J connectivity index is 2.33. The minimum absolute atomic E-state index is 0.297. The molecule has 2 aliphatic rings. The van der Waals surface area contributed by atoms with E-state index in [0.29, 0.717) is 11.1 Å². The number of benzene rings is 1. The lowest BCUT2D eigenvalue weighted by atomic mass is 9.78. The average molecular weight is 187 g/mol. The summed E-state index contributed by atoms with van der Waals surface area (Å²) in [6.45, 7) is 4.76. The number of fused-ring (bicyclic) bond motifs is 5. The maximum atomic E-state index is 2.56. The highest BCUT2D eigenvalue weighted by atomic mass is 15.3. The predicted molar refractivity (Wildman–Crippen MR) is 58.1 cm³/mol. The fourth-order valence-corrected chi connectivity index (χ4v) is 3.42. The molecule has 2 aliphatic heterocycles. The molecule has 2 heterocycles. The minimum Gasteiger partial charge on any atom is -0.287 e. The molecule has 1 aromatic rings. The normalized spacial score (nSPS) is 40.2. The molecule has 0 amide bonds. The van der Waals surface area contributed by atoms with Gasteiger partial charge >= 0.3 is 0 Å². The van der Waals surface area contributed by atoms with Gasteiger partial charge in [-0.3, -0.25) is 4.90 Å². The molecule has 2 atom stereocenters. The summed E-state index contributed by atoms with van der Waals surface area (Å²) in [7, 11) is 2.27. The highest BCUT2D eigenvalue weighted by molar-refractivity contribution is 5.46. The quantitative estimate of drug-likeness (QED) is 0.603. The van der Waals surface area contributed by atoms with E-state index in [0.717, 1.165) is 0 Å². The predicted octanol–water partition coefficient (Wildman–Crippen LogP) is 2.86. The standard InChI is InChI=1S/C13H17N/c1-12-8-9-13(2,14(12)3)11-7-5-4-6-10(11)12/h4-7H,8-9H2,1-3H3. The summed E-state index contributed by atoms with van der Waals surface area (Å²) in [5, 5.41) is 0. The summed E-state index contributed by atoms with van der Waals surface area (Å²) in [6, 6.07) is 8.94. The van der Waals surface area contributed by atoms with Gasteiger partial charge in [-0.25, -0.2) is 0 Å². The molecule has 0 radical (unpaired) electrons. The Morgan fingerprint density at radius 3 is 1.86 bits per heavy atom. The molecule has 2 bridgehead atoms. The van der Waals surface area contributed by atoms with Crippen LogP contribution in [0.25, 0.3) is 0 Å². The zero-order valence-corrected chi connectivity index (χ0v) is 9.17. The minimum atomic E-state index is 0.297. The Labute approximate surface area is 85.7 Å². The fourth-order valence-electron chi connectivity index (χ4n) is 3.42. The Hall–Kier alpha value is -0.820. The van der Waals surface area contributed by atoms with Crippen molar-refractivity contribution in [2.24, 2.45) is 0 Å². The highest BCUT2D eigenvalue weighted by Crippen LogP contribution is 2.58. The third kappa shape index (κ3) is 0.683. The lowest BCUT2D eigenvalue weighted by Gasteiger charge is -2.31. The second kappa shape index (κ2) is 2.22. The molecule has 0 spiro atoms. The van der Waals surface area contributed by atoms with Crippen molar-refractivity contribution in [1.82, 2.24) is 4.90 Å². The third-order valence-electron chi connectivity index (χ3n) is 4.67. The van der Waals surface area contributed by atoms with Gasteiger partial charge in [-0.05, 0) is 44.9 Å². The van der Waals surface area contributed by atoms with Crippen LogP contribution in [0.2, 0.25) is 0 Å². The van der Waals surface area contributed by atoms with Gasteiger partial charge in [0.2, 0.25) is 0 Å². The fraction of sp³-hybridized carbons (Fsp3) is 0.538. The van der Waals surface area contributed by atoms with Crippen molar-refractivity contribution in [2.45, 2.75) is 37.8 Å². The third-order valence-corrected chi connectivity index (χ3v) is 4.67. The topological polar surface area (TPSA) is 3.24 Å². The summed E-state index contributed by atoms with van der Waals surface area (Å²) >= 11 is 0. The highest BCUT2D eigenvalue weighted by Gasteiger charge is 2.56. The van der Waals surface area contributed by atoms with E-state index in [1.54, 1.807) is 11.1 Å². The zero-order chi connectivity index (χ0) is 9.97. The van der Waals surface area contributed by atoms with E-state index in [-0.39, 0.29) is 0 Å². The average Bonchev–Trinajstić information content (AvgIpc) is 2.53. The first kappa shape index (κ1) is 8.49. The second-order valence-electron chi connectivity index (χ2n) is 5.15. The zero-order valence-electron chi connectivity index (χ0n) is 9.17. The molecule has 1 heteroatoms. The molecular weight excluding hydrogens is 170 g/mol. The number of hydrogen-bond donors (Lipinski definition) is 0. The number of rotatable bonds is 0. The summed E-state index contributed by atoms with van der Waals surface area (Å²) in [6.07, 6.45) is 2.61. The lowest BCUT2D eigenvalue weighted by molar-refractivity contribution is 0.120. The summed E-state index contributed by atoms with van der Waals surface area (Å²) < 4.78 is 0. The van der Waals surface area contributed by atoms with Crippen LogP contribution in [0.15, 0.2) is 24.3 Å². The largest absolute Gasteiger partial charge is 0.287 e. The first-order chi connectivity index (χ1) is 6.59. The SMILES string of the molecule is CN1C2(C)CCC1(C)c1ccccc12. The van der Waals surface area contributed by atoms with Crippen LogP contribution in [-0.4, -0.2) is 11.9 Å². The maximum Gasteiger partial charge on any atom is 0.0442 e. The van der Waals surface area contributed by atoms with E-state index in [2.05, 4.69) is 50.1 Å². The summed E-state index contributed by atoms with van der Waals surface area (Å²) in [5.41, 5.74) is 3.70. The van der Waals surface area contributed by atoms with Gasteiger partial charge in [0.25, 0.3) is 0 Å². The Morgan fingerprint density at radius 2 is 1.43 bits per heavy atom. The van der Waals surface area contributed by atoms with Crippen molar-refractivity contribution >= 4 is 0 Å². The monoisotopic (exact) mass is 187 g/mol. The molecule has 1 aromatic carbocycles. The van der Waals surface area contributed by atoms with Crippen molar-refractivity contribution in [3.05, 3.63) is 35.4 Å². The number of nitrogens with zero attached hydrogens (tertiary/aromatic N) is 1. The van der Waals surface area contributed by atoms with Crippen LogP contribution in [0, 0.1) is 0 Å². The van der Waals surface area contributed by atoms with Crippen molar-refractivity contribution in [2.75, 3.05) is 7.05 Å². The molecule has 2 unspecified atom stereocenters. The molecule has 0 aromatic heterocycles. The number of hydrogen-bond acceptors (Lipinski definition) is 1. The molecular formula is C13H17N. The van der Waals surface area contributed by atoms with Crippen molar-refractivity contribution < 1.29 is 0 Å². The van der Waals surface area contributed by atoms with E-state index in [9.17, 15) is 0 Å². The van der Waals surface area contributed by atoms with Crippen LogP contribution in [0.4, 0.5) is 0 Å². The van der Waals surface area contributed by atoms with Crippen LogP contribution in [0.5, 0.6) is 0 Å². The lowest BCUT2D eigenvalue weighted by Crippen LogP contribution is -2.37. The van der Waals surface area contributed by atoms with Crippen molar-refractivity contribution in [3.63, 3.8) is 0 Å². The van der Waals surface area contributed by atoms with Gasteiger partial charge in [0, 0.05) is 11.1 Å². The van der Waals surface area contributed by atoms with Crippen molar-refractivity contribution in [3.8, 4) is 0 Å². The first-order valence-corrected chi connectivity index (χ1v) is 5.43. The van der Waals surface area contributed by atoms with Gasteiger partial charge < -0.3 is 0 Å².